The standard InChI is InChI=1S/C14H13N3O4S/c1-9-6-12(18)7-14(15-9)22-8-13(19)16-10-2-4-11(5-3-10)17(20)21/h2-7H,8H2,1H3,(H,15,18)(H,16,19). The van der Waals surface area contributed by atoms with Gasteiger partial charge < -0.3 is 10.3 Å². The first kappa shape index (κ1) is 15.8. The van der Waals surface area contributed by atoms with Gasteiger partial charge in [0.2, 0.25) is 5.91 Å². The number of aryl methyl sites for hydroxylation is 1. The average Bonchev–Trinajstić information content (AvgIpc) is 2.45. The maximum atomic E-state index is 11.8. The molecular weight excluding hydrogens is 306 g/mol. The first-order chi connectivity index (χ1) is 10.4. The van der Waals surface area contributed by atoms with Gasteiger partial charge in [-0.1, -0.05) is 11.8 Å². The largest absolute Gasteiger partial charge is 0.354 e. The van der Waals surface area contributed by atoms with Crippen molar-refractivity contribution >= 4 is 29.0 Å². The van der Waals surface area contributed by atoms with Gasteiger partial charge in [0.25, 0.3) is 5.69 Å². The Morgan fingerprint density at radius 2 is 2.00 bits per heavy atom. The molecule has 0 unspecified atom stereocenters. The Balaban J connectivity index is 1.92. The summed E-state index contributed by atoms with van der Waals surface area (Å²) in [4.78, 5) is 36.2. The van der Waals surface area contributed by atoms with E-state index in [1.807, 2.05) is 0 Å². The Kier molecular flexibility index (Phi) is 4.95. The van der Waals surface area contributed by atoms with Crippen LogP contribution >= 0.6 is 11.8 Å². The molecule has 2 aromatic rings. The van der Waals surface area contributed by atoms with Gasteiger partial charge in [0.05, 0.1) is 15.7 Å². The molecule has 0 aliphatic heterocycles. The van der Waals surface area contributed by atoms with Gasteiger partial charge in [0.15, 0.2) is 5.43 Å². The number of amides is 1. The van der Waals surface area contributed by atoms with Gasteiger partial charge in [-0.3, -0.25) is 19.7 Å². The zero-order valence-electron chi connectivity index (χ0n) is 11.7. The molecule has 0 aliphatic rings. The van der Waals surface area contributed by atoms with Gasteiger partial charge in [-0.25, -0.2) is 0 Å². The van der Waals surface area contributed by atoms with E-state index in [1.54, 1.807) is 6.92 Å². The summed E-state index contributed by atoms with van der Waals surface area (Å²) in [5.74, 6) is -0.141. The Morgan fingerprint density at radius 3 is 2.59 bits per heavy atom. The van der Waals surface area contributed by atoms with Crippen LogP contribution in [0, 0.1) is 17.0 Å². The third-order valence-electron chi connectivity index (χ3n) is 2.67. The summed E-state index contributed by atoms with van der Waals surface area (Å²) < 4.78 is 0. The predicted molar refractivity (Wildman–Crippen MR) is 84.2 cm³/mol. The number of anilines is 1. The van der Waals surface area contributed by atoms with E-state index in [4.69, 9.17) is 0 Å². The van der Waals surface area contributed by atoms with Gasteiger partial charge in [-0.05, 0) is 19.1 Å². The molecule has 0 spiro atoms. The Hall–Kier alpha value is -2.61. The Morgan fingerprint density at radius 1 is 1.32 bits per heavy atom. The molecule has 1 heterocycles. The molecule has 1 amide bonds. The molecule has 2 N–H and O–H groups in total. The van der Waals surface area contributed by atoms with Crippen molar-refractivity contribution in [2.75, 3.05) is 11.1 Å². The van der Waals surface area contributed by atoms with Crippen molar-refractivity contribution in [1.29, 1.82) is 0 Å². The second kappa shape index (κ2) is 6.90. The molecule has 0 atom stereocenters. The number of thioether (sulfide) groups is 1. The fraction of sp³-hybridized carbons (Fsp3) is 0.143. The molecule has 22 heavy (non-hydrogen) atoms. The maximum absolute atomic E-state index is 11.8. The molecule has 1 aromatic heterocycles. The van der Waals surface area contributed by atoms with E-state index in [0.29, 0.717) is 10.7 Å². The number of nitrogens with zero attached hydrogens (tertiary/aromatic N) is 1. The van der Waals surface area contributed by atoms with Crippen LogP contribution in [0.2, 0.25) is 0 Å². The number of carbonyl (C=O) groups excluding carboxylic acids is 1. The second-order valence-electron chi connectivity index (χ2n) is 4.50. The van der Waals surface area contributed by atoms with Crippen molar-refractivity contribution in [2.24, 2.45) is 0 Å². The maximum Gasteiger partial charge on any atom is 0.269 e. The number of nitrogens with one attached hydrogen (secondary N) is 2. The van der Waals surface area contributed by atoms with E-state index in [2.05, 4.69) is 10.3 Å². The number of benzene rings is 1. The third kappa shape index (κ3) is 4.45. The van der Waals surface area contributed by atoms with Gasteiger partial charge in [0.1, 0.15) is 0 Å². The number of nitro benzene ring substituents is 1. The van der Waals surface area contributed by atoms with Crippen molar-refractivity contribution < 1.29 is 9.72 Å². The summed E-state index contributed by atoms with van der Waals surface area (Å²) >= 11 is 1.21. The van der Waals surface area contributed by atoms with E-state index in [0.717, 1.165) is 5.69 Å². The van der Waals surface area contributed by atoms with Crippen LogP contribution in [-0.2, 0) is 4.79 Å². The van der Waals surface area contributed by atoms with Crippen molar-refractivity contribution in [1.82, 2.24) is 4.98 Å². The summed E-state index contributed by atoms with van der Waals surface area (Å²) in [6.45, 7) is 1.77. The lowest BCUT2D eigenvalue weighted by Gasteiger charge is -2.05. The van der Waals surface area contributed by atoms with E-state index >= 15 is 0 Å². The number of rotatable bonds is 5. The molecule has 0 fully saturated rings. The number of aromatic nitrogens is 1. The number of non-ortho nitro benzene ring substituents is 1. The minimum Gasteiger partial charge on any atom is -0.354 e. The number of hydrogen-bond donors (Lipinski definition) is 2. The summed E-state index contributed by atoms with van der Waals surface area (Å²) in [5.41, 5.74) is 1.05. The first-order valence-corrected chi connectivity index (χ1v) is 7.31. The summed E-state index contributed by atoms with van der Waals surface area (Å²) in [6, 6.07) is 8.48. The zero-order chi connectivity index (χ0) is 16.1. The van der Waals surface area contributed by atoms with E-state index in [-0.39, 0.29) is 22.8 Å². The molecule has 1 aromatic carbocycles. The van der Waals surface area contributed by atoms with Crippen LogP contribution in [0.25, 0.3) is 0 Å². The fourth-order valence-corrected chi connectivity index (χ4v) is 2.53. The highest BCUT2D eigenvalue weighted by Crippen LogP contribution is 2.17. The molecule has 7 nitrogen and oxygen atoms in total. The van der Waals surface area contributed by atoms with Gasteiger partial charge in [-0.2, -0.15) is 0 Å². The quantitative estimate of drug-likeness (QED) is 0.500. The SMILES string of the molecule is Cc1cc(=O)cc(SCC(=O)Nc2ccc([N+](=O)[O-])cc2)[nH]1. The van der Waals surface area contributed by atoms with E-state index in [9.17, 15) is 19.7 Å². The monoisotopic (exact) mass is 319 g/mol. The van der Waals surface area contributed by atoms with Crippen molar-refractivity contribution in [3.8, 4) is 0 Å². The molecule has 2 rings (SSSR count). The topological polar surface area (TPSA) is 105 Å². The number of hydrogen-bond acceptors (Lipinski definition) is 5. The summed E-state index contributed by atoms with van der Waals surface area (Å²) in [7, 11) is 0. The van der Waals surface area contributed by atoms with Crippen LogP contribution < -0.4 is 10.7 Å². The van der Waals surface area contributed by atoms with E-state index in [1.165, 1.54) is 48.2 Å². The molecule has 0 saturated heterocycles. The van der Waals surface area contributed by atoms with Gasteiger partial charge in [0, 0.05) is 35.6 Å². The van der Waals surface area contributed by atoms with Crippen LogP contribution in [0.15, 0.2) is 46.2 Å². The number of carbonyl (C=O) groups is 1. The van der Waals surface area contributed by atoms with Crippen LogP contribution in [-0.4, -0.2) is 21.6 Å². The van der Waals surface area contributed by atoms with Gasteiger partial charge >= 0.3 is 0 Å². The second-order valence-corrected chi connectivity index (χ2v) is 5.52. The molecular formula is C14H13N3O4S. The lowest BCUT2D eigenvalue weighted by atomic mass is 10.3. The number of aromatic amines is 1. The molecule has 0 bridgehead atoms. The highest BCUT2D eigenvalue weighted by Gasteiger charge is 2.07. The summed E-state index contributed by atoms with van der Waals surface area (Å²) in [6.07, 6.45) is 0. The number of H-pyrrole nitrogens is 1. The van der Waals surface area contributed by atoms with Crippen LogP contribution in [0.1, 0.15) is 5.69 Å². The average molecular weight is 319 g/mol. The molecule has 8 heteroatoms. The highest BCUT2D eigenvalue weighted by atomic mass is 32.2. The minimum absolute atomic E-state index is 0.0373. The number of nitro groups is 1. The lowest BCUT2D eigenvalue weighted by Crippen LogP contribution is -2.14. The van der Waals surface area contributed by atoms with Crippen LogP contribution in [0.3, 0.4) is 0 Å². The fourth-order valence-electron chi connectivity index (χ4n) is 1.74. The molecule has 0 radical (unpaired) electrons. The van der Waals surface area contributed by atoms with Crippen molar-refractivity contribution in [2.45, 2.75) is 11.9 Å². The van der Waals surface area contributed by atoms with Crippen LogP contribution in [0.5, 0.6) is 0 Å². The minimum atomic E-state index is -0.504. The zero-order valence-corrected chi connectivity index (χ0v) is 12.5. The van der Waals surface area contributed by atoms with Crippen LogP contribution in [0.4, 0.5) is 11.4 Å². The molecule has 0 saturated carbocycles. The highest BCUT2D eigenvalue weighted by molar-refractivity contribution is 7.99. The Bertz CT molecular complexity index is 755. The molecule has 0 aliphatic carbocycles. The lowest BCUT2D eigenvalue weighted by molar-refractivity contribution is -0.384. The number of pyridine rings is 1. The molecule has 114 valence electrons. The van der Waals surface area contributed by atoms with Crippen molar-refractivity contribution in [3.05, 3.63) is 62.4 Å². The van der Waals surface area contributed by atoms with E-state index < -0.39 is 4.92 Å². The van der Waals surface area contributed by atoms with Crippen molar-refractivity contribution in [3.63, 3.8) is 0 Å². The smallest absolute Gasteiger partial charge is 0.269 e. The Labute approximate surface area is 129 Å². The summed E-state index contributed by atoms with van der Waals surface area (Å²) in [5, 5.41) is 13.8. The first-order valence-electron chi connectivity index (χ1n) is 6.32. The predicted octanol–water partition coefficient (Wildman–Crippen LogP) is 2.32. The van der Waals surface area contributed by atoms with Gasteiger partial charge in [-0.15, -0.1) is 0 Å². The normalized spacial score (nSPS) is 10.2. The third-order valence-corrected chi connectivity index (χ3v) is 3.61.